The smallest absolute Gasteiger partial charge is 0.248 e. The summed E-state index contributed by atoms with van der Waals surface area (Å²) in [6.45, 7) is 6.49. The summed E-state index contributed by atoms with van der Waals surface area (Å²) in [6, 6.07) is 12.4. The van der Waals surface area contributed by atoms with Gasteiger partial charge in [0.05, 0.1) is 31.2 Å². The highest BCUT2D eigenvalue weighted by molar-refractivity contribution is 7.80. The minimum atomic E-state index is -0.586. The number of likely N-dealkylation sites (N-methyl/N-ethyl adjacent to an activating group) is 1. The molecule has 1 atom stereocenters. The molecule has 1 aromatic heterocycles. The zero-order chi connectivity index (χ0) is 29.1. The number of imide groups is 1. The van der Waals surface area contributed by atoms with E-state index < -0.39 is 30.2 Å². The van der Waals surface area contributed by atoms with Gasteiger partial charge in [-0.25, -0.2) is 0 Å². The molecular formula is C28H36N6O5S. The number of ketones is 1. The monoisotopic (exact) mass is 568 g/mol. The molecule has 0 saturated carbocycles. The Morgan fingerprint density at radius 3 is 2.33 bits per heavy atom. The standard InChI is InChI=1S/C28H36N6O5S/c1-3-29-12-14-34(26(37)17-32-25(36)16-31-24(35)15-30-19(2)18-40)28(39)21-11-13-33-22(21)9-10-23(33)27(38)20-7-5-4-6-8-20/h4-10,21,29-30,40H,2-3,11-18H2,1H3,(H,31,35)(H,32,36). The number of nitrogens with zero attached hydrogens (tertiary/aromatic N) is 2. The molecule has 0 saturated heterocycles. The van der Waals surface area contributed by atoms with Gasteiger partial charge in [-0.3, -0.25) is 28.9 Å². The molecule has 0 aliphatic carbocycles. The van der Waals surface area contributed by atoms with Gasteiger partial charge in [-0.1, -0.05) is 43.8 Å². The molecule has 214 valence electrons. The lowest BCUT2D eigenvalue weighted by Gasteiger charge is -2.24. The number of rotatable bonds is 15. The minimum absolute atomic E-state index is 0.0555. The van der Waals surface area contributed by atoms with Gasteiger partial charge in [-0.15, -0.1) is 0 Å². The molecule has 1 unspecified atom stereocenters. The van der Waals surface area contributed by atoms with Gasteiger partial charge >= 0.3 is 0 Å². The molecule has 0 spiro atoms. The lowest BCUT2D eigenvalue weighted by atomic mass is 10.0. The van der Waals surface area contributed by atoms with Crippen molar-refractivity contribution >= 4 is 42.0 Å². The molecule has 12 heteroatoms. The summed E-state index contributed by atoms with van der Waals surface area (Å²) in [5.74, 6) is -2.25. The Morgan fingerprint density at radius 2 is 1.65 bits per heavy atom. The number of amides is 4. The number of carbonyl (C=O) groups is 5. The van der Waals surface area contributed by atoms with Crippen LogP contribution in [0.3, 0.4) is 0 Å². The number of aromatic nitrogens is 1. The van der Waals surface area contributed by atoms with E-state index in [1.807, 2.05) is 17.6 Å². The summed E-state index contributed by atoms with van der Waals surface area (Å²) in [4.78, 5) is 64.9. The number of thiol groups is 1. The van der Waals surface area contributed by atoms with Gasteiger partial charge in [-0.2, -0.15) is 12.6 Å². The van der Waals surface area contributed by atoms with Crippen molar-refractivity contribution in [3.8, 4) is 0 Å². The minimum Gasteiger partial charge on any atom is -0.379 e. The number of hydrogen-bond acceptors (Lipinski definition) is 8. The third-order valence-corrected chi connectivity index (χ3v) is 6.86. The zero-order valence-corrected chi connectivity index (χ0v) is 23.5. The third-order valence-electron chi connectivity index (χ3n) is 6.48. The van der Waals surface area contributed by atoms with E-state index in [4.69, 9.17) is 0 Å². The molecule has 0 bridgehead atoms. The number of hydrogen-bond donors (Lipinski definition) is 5. The van der Waals surface area contributed by atoms with Crippen LogP contribution in [-0.2, 0) is 25.7 Å². The molecule has 0 fully saturated rings. The average molecular weight is 569 g/mol. The van der Waals surface area contributed by atoms with E-state index in [2.05, 4.69) is 40.5 Å². The maximum Gasteiger partial charge on any atom is 0.248 e. The Labute approximate surface area is 239 Å². The summed E-state index contributed by atoms with van der Waals surface area (Å²) >= 11 is 4.04. The van der Waals surface area contributed by atoms with Crippen LogP contribution in [0.1, 0.15) is 41.0 Å². The van der Waals surface area contributed by atoms with Crippen LogP contribution in [0.25, 0.3) is 0 Å². The van der Waals surface area contributed by atoms with Crippen molar-refractivity contribution in [2.75, 3.05) is 45.0 Å². The molecular weight excluding hydrogens is 532 g/mol. The van der Waals surface area contributed by atoms with Gasteiger partial charge < -0.3 is 25.8 Å². The molecule has 1 aliphatic heterocycles. The van der Waals surface area contributed by atoms with Crippen LogP contribution in [-0.4, -0.2) is 83.9 Å². The molecule has 4 amide bonds. The SMILES string of the molecule is C=C(CS)NCC(=O)NCC(=O)NCC(=O)N(CCNCC)C(=O)C1CCn2c(C(=O)c3ccccc3)ccc21. The Balaban J connectivity index is 1.61. The predicted molar refractivity (Wildman–Crippen MR) is 154 cm³/mol. The Hall–Kier alpha value is -3.90. The van der Waals surface area contributed by atoms with Gasteiger partial charge in [0, 0.05) is 42.3 Å². The maximum absolute atomic E-state index is 13.6. The van der Waals surface area contributed by atoms with Gasteiger partial charge in [0.2, 0.25) is 29.4 Å². The molecule has 4 N–H and O–H groups in total. The fraction of sp³-hybridized carbons (Fsp3) is 0.393. The highest BCUT2D eigenvalue weighted by Gasteiger charge is 2.36. The van der Waals surface area contributed by atoms with Gasteiger partial charge in [0.1, 0.15) is 0 Å². The first-order valence-corrected chi connectivity index (χ1v) is 13.8. The van der Waals surface area contributed by atoms with Crippen LogP contribution >= 0.6 is 12.6 Å². The van der Waals surface area contributed by atoms with E-state index in [1.54, 1.807) is 36.4 Å². The number of benzene rings is 1. The second-order valence-electron chi connectivity index (χ2n) is 9.24. The topological polar surface area (TPSA) is 142 Å². The fourth-order valence-electron chi connectivity index (χ4n) is 4.38. The molecule has 2 aromatic rings. The van der Waals surface area contributed by atoms with Crippen LogP contribution < -0.4 is 21.3 Å². The van der Waals surface area contributed by atoms with E-state index >= 15 is 0 Å². The molecule has 3 rings (SSSR count). The quantitative estimate of drug-likeness (QED) is 0.119. The zero-order valence-electron chi connectivity index (χ0n) is 22.6. The van der Waals surface area contributed by atoms with E-state index in [0.717, 1.165) is 4.90 Å². The second kappa shape index (κ2) is 15.0. The Morgan fingerprint density at radius 1 is 0.975 bits per heavy atom. The first kappa shape index (κ1) is 30.6. The van der Waals surface area contributed by atoms with Crippen molar-refractivity contribution in [2.24, 2.45) is 0 Å². The van der Waals surface area contributed by atoms with E-state index in [-0.39, 0.29) is 31.3 Å². The first-order valence-electron chi connectivity index (χ1n) is 13.2. The van der Waals surface area contributed by atoms with Crippen LogP contribution in [0.5, 0.6) is 0 Å². The second-order valence-corrected chi connectivity index (χ2v) is 9.55. The van der Waals surface area contributed by atoms with Gasteiger partial charge in [-0.05, 0) is 25.1 Å². The van der Waals surface area contributed by atoms with Crippen molar-refractivity contribution in [3.63, 3.8) is 0 Å². The van der Waals surface area contributed by atoms with Crippen LogP contribution in [0.2, 0.25) is 0 Å². The van der Waals surface area contributed by atoms with Crippen molar-refractivity contribution in [1.82, 2.24) is 30.7 Å². The molecule has 11 nitrogen and oxygen atoms in total. The molecule has 0 radical (unpaired) electrons. The molecule has 1 aliphatic rings. The summed E-state index contributed by atoms with van der Waals surface area (Å²) in [7, 11) is 0. The van der Waals surface area contributed by atoms with Crippen molar-refractivity contribution < 1.29 is 24.0 Å². The van der Waals surface area contributed by atoms with Gasteiger partial charge in [0.15, 0.2) is 0 Å². The number of fused-ring (bicyclic) bond motifs is 1. The number of nitrogens with one attached hydrogen (secondary N) is 4. The lowest BCUT2D eigenvalue weighted by Crippen LogP contribution is -2.49. The summed E-state index contributed by atoms with van der Waals surface area (Å²) in [6.07, 6.45) is 0.459. The third kappa shape index (κ3) is 8.06. The van der Waals surface area contributed by atoms with E-state index in [0.29, 0.717) is 54.5 Å². The summed E-state index contributed by atoms with van der Waals surface area (Å²) < 4.78 is 1.84. The van der Waals surface area contributed by atoms with Gasteiger partial charge in [0.25, 0.3) is 0 Å². The summed E-state index contributed by atoms with van der Waals surface area (Å²) in [5, 5.41) is 10.8. The normalized spacial score (nSPS) is 13.7. The average Bonchev–Trinajstić information content (AvgIpc) is 3.58. The van der Waals surface area contributed by atoms with Crippen molar-refractivity contribution in [2.45, 2.75) is 25.8 Å². The van der Waals surface area contributed by atoms with E-state index in [9.17, 15) is 24.0 Å². The predicted octanol–water partition coefficient (Wildman–Crippen LogP) is 0.437. The summed E-state index contributed by atoms with van der Waals surface area (Å²) in [5.41, 5.74) is 2.32. The van der Waals surface area contributed by atoms with Crippen molar-refractivity contribution in [3.05, 3.63) is 71.7 Å². The lowest BCUT2D eigenvalue weighted by molar-refractivity contribution is -0.146. The number of carbonyl (C=O) groups excluding carboxylic acids is 5. The highest BCUT2D eigenvalue weighted by Crippen LogP contribution is 2.33. The molecule has 1 aromatic carbocycles. The highest BCUT2D eigenvalue weighted by atomic mass is 32.1. The Bertz CT molecular complexity index is 1250. The molecule has 2 heterocycles. The Kier molecular flexibility index (Phi) is 11.5. The maximum atomic E-state index is 13.6. The largest absolute Gasteiger partial charge is 0.379 e. The van der Waals surface area contributed by atoms with Crippen LogP contribution in [0, 0.1) is 0 Å². The van der Waals surface area contributed by atoms with E-state index in [1.165, 1.54) is 0 Å². The first-order chi connectivity index (χ1) is 19.3. The van der Waals surface area contributed by atoms with Crippen molar-refractivity contribution in [1.29, 1.82) is 0 Å². The van der Waals surface area contributed by atoms with Crippen LogP contribution in [0.15, 0.2) is 54.7 Å². The molecule has 40 heavy (non-hydrogen) atoms. The van der Waals surface area contributed by atoms with Crippen LogP contribution in [0.4, 0.5) is 0 Å². The fourth-order valence-corrected chi connectivity index (χ4v) is 4.49.